The molecule has 0 saturated carbocycles. The zero-order valence-electron chi connectivity index (χ0n) is 12.7. The van der Waals surface area contributed by atoms with Crippen molar-refractivity contribution in [1.82, 2.24) is 14.7 Å². The lowest BCUT2D eigenvalue weighted by Gasteiger charge is -2.26. The second-order valence-electron chi connectivity index (χ2n) is 5.35. The normalized spacial score (nSPS) is 14.4. The predicted molar refractivity (Wildman–Crippen MR) is 87.8 cm³/mol. The van der Waals surface area contributed by atoms with E-state index in [1.165, 1.54) is 0 Å². The molecule has 1 atom stereocenters. The largest absolute Gasteiger partial charge is 0.299 e. The van der Waals surface area contributed by atoms with E-state index in [0.717, 1.165) is 12.5 Å². The minimum atomic E-state index is -3.12. The highest BCUT2D eigenvalue weighted by molar-refractivity contribution is 7.90. The summed E-state index contributed by atoms with van der Waals surface area (Å²) >= 11 is 5.96. The van der Waals surface area contributed by atoms with Crippen LogP contribution in [-0.2, 0) is 19.7 Å². The summed E-state index contributed by atoms with van der Waals surface area (Å²) in [5, 5.41) is 4.13. The molecule has 7 nitrogen and oxygen atoms in total. The number of alkyl halides is 1. The molecule has 0 N–H and O–H groups in total. The highest BCUT2D eigenvalue weighted by Gasteiger charge is 2.18. The Bertz CT molecular complexity index is 608. The molecule has 0 spiro atoms. The molecule has 0 aliphatic heterocycles. The molecular weight excluding hydrogens is 350 g/mol. The predicted octanol–water partition coefficient (Wildman–Crippen LogP) is 0.0542. The van der Waals surface area contributed by atoms with Gasteiger partial charge >= 0.3 is 0 Å². The molecule has 0 aliphatic rings. The zero-order chi connectivity index (χ0) is 16.8. The van der Waals surface area contributed by atoms with E-state index in [-0.39, 0.29) is 30.6 Å². The molecule has 0 fully saturated rings. The van der Waals surface area contributed by atoms with Gasteiger partial charge in [-0.15, -0.1) is 11.6 Å². The van der Waals surface area contributed by atoms with Gasteiger partial charge in [-0.1, -0.05) is 0 Å². The van der Waals surface area contributed by atoms with Gasteiger partial charge in [-0.05, 0) is 6.07 Å². The Morgan fingerprint density at radius 3 is 2.05 bits per heavy atom. The van der Waals surface area contributed by atoms with Crippen molar-refractivity contribution < 1.29 is 16.8 Å². The van der Waals surface area contributed by atoms with Gasteiger partial charge in [0.05, 0.1) is 17.5 Å². The van der Waals surface area contributed by atoms with Crippen molar-refractivity contribution in [3.63, 3.8) is 0 Å². The van der Waals surface area contributed by atoms with Gasteiger partial charge in [-0.2, -0.15) is 5.10 Å². The van der Waals surface area contributed by atoms with Gasteiger partial charge in [0.25, 0.3) is 0 Å². The van der Waals surface area contributed by atoms with Crippen molar-refractivity contribution in [3.8, 4) is 0 Å². The van der Waals surface area contributed by atoms with Crippen LogP contribution in [0.2, 0.25) is 0 Å². The SMILES string of the molecule is CS(=O)(=O)CCN(CCS(C)(=O)=O)C[C@@H](CCl)n1cccn1. The Labute approximate surface area is 137 Å². The van der Waals surface area contributed by atoms with E-state index >= 15 is 0 Å². The highest BCUT2D eigenvalue weighted by atomic mass is 35.5. The van der Waals surface area contributed by atoms with Crippen LogP contribution >= 0.6 is 11.6 Å². The second kappa shape index (κ2) is 8.28. The Morgan fingerprint density at radius 2 is 1.68 bits per heavy atom. The molecule has 1 aromatic rings. The topological polar surface area (TPSA) is 89.3 Å². The average molecular weight is 372 g/mol. The summed E-state index contributed by atoms with van der Waals surface area (Å²) in [6.45, 7) is 0.974. The van der Waals surface area contributed by atoms with Crippen LogP contribution in [-0.4, -0.2) is 81.0 Å². The molecule has 1 heterocycles. The fourth-order valence-electron chi connectivity index (χ4n) is 1.88. The first-order chi connectivity index (χ1) is 10.1. The highest BCUT2D eigenvalue weighted by Crippen LogP contribution is 2.10. The van der Waals surface area contributed by atoms with Crippen molar-refractivity contribution in [3.05, 3.63) is 18.5 Å². The monoisotopic (exact) mass is 371 g/mol. The number of aromatic nitrogens is 2. The van der Waals surface area contributed by atoms with Crippen molar-refractivity contribution in [2.75, 3.05) is 49.5 Å². The third-order valence-corrected chi connectivity index (χ3v) is 5.31. The Balaban J connectivity index is 2.74. The summed E-state index contributed by atoms with van der Waals surface area (Å²) in [5.74, 6) is 0.256. The van der Waals surface area contributed by atoms with Crippen LogP contribution in [0.25, 0.3) is 0 Å². The van der Waals surface area contributed by atoms with Crippen molar-refractivity contribution >= 4 is 31.3 Å². The average Bonchev–Trinajstić information content (AvgIpc) is 2.89. The van der Waals surface area contributed by atoms with Crippen LogP contribution in [0.1, 0.15) is 6.04 Å². The fraction of sp³-hybridized carbons (Fsp3) is 0.750. The maximum absolute atomic E-state index is 11.3. The van der Waals surface area contributed by atoms with Crippen LogP contribution in [0.4, 0.5) is 0 Å². The van der Waals surface area contributed by atoms with Crippen LogP contribution in [0.15, 0.2) is 18.5 Å². The molecule has 0 aliphatic carbocycles. The number of nitrogens with zero attached hydrogens (tertiary/aromatic N) is 3. The van der Waals surface area contributed by atoms with Crippen molar-refractivity contribution in [2.24, 2.45) is 0 Å². The molecule has 1 rings (SSSR count). The number of hydrogen-bond donors (Lipinski definition) is 0. The molecule has 128 valence electrons. The quantitative estimate of drug-likeness (QED) is 0.540. The van der Waals surface area contributed by atoms with E-state index in [2.05, 4.69) is 5.10 Å². The van der Waals surface area contributed by atoms with E-state index < -0.39 is 19.7 Å². The van der Waals surface area contributed by atoms with Gasteiger partial charge in [0.1, 0.15) is 19.7 Å². The Hall–Kier alpha value is -0.640. The standard InChI is InChI=1S/C12H22ClN3O4S2/c1-21(17,18)8-6-15(7-9-22(2,19)20)11-12(10-13)16-5-3-4-14-16/h3-5,12H,6-11H2,1-2H3/t12-/m1/s1. The molecule has 0 radical (unpaired) electrons. The van der Waals surface area contributed by atoms with Crippen molar-refractivity contribution in [2.45, 2.75) is 6.04 Å². The lowest BCUT2D eigenvalue weighted by Crippen LogP contribution is -2.38. The first kappa shape index (κ1) is 19.4. The van der Waals surface area contributed by atoms with E-state index in [9.17, 15) is 16.8 Å². The van der Waals surface area contributed by atoms with Crippen LogP contribution < -0.4 is 0 Å². The summed E-state index contributed by atoms with van der Waals surface area (Å²) in [6.07, 6.45) is 5.73. The third kappa shape index (κ3) is 8.11. The van der Waals surface area contributed by atoms with E-state index in [4.69, 9.17) is 11.6 Å². The van der Waals surface area contributed by atoms with Gasteiger partial charge in [0.15, 0.2) is 0 Å². The lowest BCUT2D eigenvalue weighted by atomic mass is 10.3. The minimum Gasteiger partial charge on any atom is -0.299 e. The molecule has 0 bridgehead atoms. The second-order valence-corrected chi connectivity index (χ2v) is 10.2. The third-order valence-electron chi connectivity index (χ3n) is 3.10. The fourth-order valence-corrected chi connectivity index (χ4v) is 3.30. The van der Waals surface area contributed by atoms with Crippen molar-refractivity contribution in [1.29, 1.82) is 0 Å². The molecular formula is C12H22ClN3O4S2. The molecule has 22 heavy (non-hydrogen) atoms. The molecule has 0 saturated heterocycles. The Kier molecular flexibility index (Phi) is 7.30. The number of hydrogen-bond acceptors (Lipinski definition) is 6. The lowest BCUT2D eigenvalue weighted by molar-refractivity contribution is 0.256. The Morgan fingerprint density at radius 1 is 1.14 bits per heavy atom. The van der Waals surface area contributed by atoms with Gasteiger partial charge in [-0.25, -0.2) is 16.8 Å². The molecule has 1 aromatic heterocycles. The number of rotatable bonds is 10. The van der Waals surface area contributed by atoms with Gasteiger partial charge < -0.3 is 0 Å². The smallest absolute Gasteiger partial charge is 0.148 e. The maximum atomic E-state index is 11.3. The van der Waals surface area contributed by atoms with Gasteiger partial charge in [0.2, 0.25) is 0 Å². The summed E-state index contributed by atoms with van der Waals surface area (Å²) < 4.78 is 47.0. The maximum Gasteiger partial charge on any atom is 0.148 e. The molecule has 0 aromatic carbocycles. The summed E-state index contributed by atoms with van der Waals surface area (Å²) in [5.41, 5.74) is 0. The van der Waals surface area contributed by atoms with E-state index in [1.807, 2.05) is 0 Å². The van der Waals surface area contributed by atoms with Gasteiger partial charge in [0, 0.05) is 50.4 Å². The first-order valence-electron chi connectivity index (χ1n) is 6.73. The minimum absolute atomic E-state index is 0.0229. The zero-order valence-corrected chi connectivity index (χ0v) is 15.1. The summed E-state index contributed by atoms with van der Waals surface area (Å²) in [7, 11) is -6.23. The van der Waals surface area contributed by atoms with Gasteiger partial charge in [-0.3, -0.25) is 9.58 Å². The van der Waals surface area contributed by atoms with E-state index in [0.29, 0.717) is 12.4 Å². The molecule has 10 heteroatoms. The van der Waals surface area contributed by atoms with Crippen LogP contribution in [0.3, 0.4) is 0 Å². The van der Waals surface area contributed by atoms with Crippen LogP contribution in [0.5, 0.6) is 0 Å². The summed E-state index contributed by atoms with van der Waals surface area (Å²) in [4.78, 5) is 1.80. The number of halogens is 1. The number of sulfone groups is 2. The van der Waals surface area contributed by atoms with Crippen LogP contribution in [0, 0.1) is 0 Å². The molecule has 0 amide bonds. The molecule has 0 unspecified atom stereocenters. The summed E-state index contributed by atoms with van der Waals surface area (Å²) in [6, 6.07) is 1.63. The first-order valence-corrected chi connectivity index (χ1v) is 11.4. The van der Waals surface area contributed by atoms with E-state index in [1.54, 1.807) is 28.0 Å².